The zero-order valence-electron chi connectivity index (χ0n) is 12.4. The van der Waals surface area contributed by atoms with Gasteiger partial charge in [-0.25, -0.2) is 8.78 Å². The molecule has 23 heavy (non-hydrogen) atoms. The van der Waals surface area contributed by atoms with Gasteiger partial charge in [-0.05, 0) is 36.1 Å². The van der Waals surface area contributed by atoms with Gasteiger partial charge in [0, 0.05) is 19.0 Å². The first-order valence-electron chi connectivity index (χ1n) is 6.97. The molecule has 1 aromatic carbocycles. The van der Waals surface area contributed by atoms with Crippen molar-refractivity contribution in [3.8, 4) is 6.07 Å². The topological polar surface area (TPSA) is 64.9 Å². The van der Waals surface area contributed by atoms with E-state index in [-0.39, 0.29) is 18.4 Å². The number of benzene rings is 1. The number of hydrogen-bond donors (Lipinski definition) is 2. The fraction of sp³-hybridized carbons (Fsp3) is 0.250. The standard InChI is InChI=1S/C16H15F2N3OS/c1-10(11-2-3-13(17)14(18)8-11)20-6-4-15(22)21-16-12(9-19)5-7-23-16/h2-3,5,7-8,10,20H,4,6H2,1H3,(H,21,22). The third-order valence-corrected chi connectivity index (χ3v) is 4.11. The maximum absolute atomic E-state index is 13.2. The van der Waals surface area contributed by atoms with Crippen LogP contribution in [0.1, 0.15) is 30.5 Å². The van der Waals surface area contributed by atoms with Gasteiger partial charge in [-0.15, -0.1) is 11.3 Å². The van der Waals surface area contributed by atoms with Crippen LogP contribution >= 0.6 is 11.3 Å². The number of nitrogens with zero attached hydrogens (tertiary/aromatic N) is 1. The van der Waals surface area contributed by atoms with Gasteiger partial charge in [0.2, 0.25) is 5.91 Å². The van der Waals surface area contributed by atoms with Gasteiger partial charge in [0.1, 0.15) is 11.1 Å². The van der Waals surface area contributed by atoms with Crippen LogP contribution in [0.5, 0.6) is 0 Å². The summed E-state index contributed by atoms with van der Waals surface area (Å²) in [5.41, 5.74) is 1.04. The Kier molecular flexibility index (Phi) is 5.79. The molecule has 0 aliphatic heterocycles. The van der Waals surface area contributed by atoms with E-state index in [0.717, 1.165) is 12.1 Å². The molecule has 1 atom stereocenters. The molecule has 1 unspecified atom stereocenters. The minimum absolute atomic E-state index is 0.205. The molecule has 2 N–H and O–H groups in total. The highest BCUT2D eigenvalue weighted by atomic mass is 32.1. The Balaban J connectivity index is 1.81. The van der Waals surface area contributed by atoms with Crippen LogP contribution in [0.3, 0.4) is 0 Å². The number of nitriles is 1. The van der Waals surface area contributed by atoms with E-state index in [1.165, 1.54) is 17.4 Å². The van der Waals surface area contributed by atoms with Crippen LogP contribution < -0.4 is 10.6 Å². The van der Waals surface area contributed by atoms with E-state index in [1.54, 1.807) is 18.4 Å². The molecular formula is C16H15F2N3OS. The predicted molar refractivity (Wildman–Crippen MR) is 85.1 cm³/mol. The molecule has 0 radical (unpaired) electrons. The number of anilines is 1. The van der Waals surface area contributed by atoms with E-state index in [9.17, 15) is 13.6 Å². The summed E-state index contributed by atoms with van der Waals surface area (Å²) in [7, 11) is 0. The Morgan fingerprint density at radius 3 is 2.83 bits per heavy atom. The van der Waals surface area contributed by atoms with Crippen molar-refractivity contribution in [2.45, 2.75) is 19.4 Å². The van der Waals surface area contributed by atoms with Gasteiger partial charge < -0.3 is 10.6 Å². The molecule has 120 valence electrons. The number of hydrogen-bond acceptors (Lipinski definition) is 4. The Bertz CT molecular complexity index is 739. The van der Waals surface area contributed by atoms with E-state index in [1.807, 2.05) is 6.07 Å². The van der Waals surface area contributed by atoms with E-state index in [4.69, 9.17) is 5.26 Å². The number of carbonyl (C=O) groups excluding carboxylic acids is 1. The van der Waals surface area contributed by atoms with Crippen molar-refractivity contribution >= 4 is 22.2 Å². The normalized spacial score (nSPS) is 11.7. The lowest BCUT2D eigenvalue weighted by atomic mass is 10.1. The van der Waals surface area contributed by atoms with Crippen molar-refractivity contribution in [1.82, 2.24) is 5.32 Å². The average Bonchev–Trinajstić information content (AvgIpc) is 2.97. The van der Waals surface area contributed by atoms with Crippen LogP contribution in [0.4, 0.5) is 13.8 Å². The zero-order valence-corrected chi connectivity index (χ0v) is 13.2. The van der Waals surface area contributed by atoms with Crippen LogP contribution in [0, 0.1) is 23.0 Å². The molecule has 7 heteroatoms. The zero-order chi connectivity index (χ0) is 16.8. The summed E-state index contributed by atoms with van der Waals surface area (Å²) in [6.07, 6.45) is 0.205. The largest absolute Gasteiger partial charge is 0.317 e. The maximum Gasteiger partial charge on any atom is 0.226 e. The van der Waals surface area contributed by atoms with Crippen molar-refractivity contribution in [2.75, 3.05) is 11.9 Å². The van der Waals surface area contributed by atoms with Gasteiger partial charge in [0.05, 0.1) is 5.56 Å². The summed E-state index contributed by atoms with van der Waals surface area (Å²) in [4.78, 5) is 11.8. The Labute approximate surface area is 136 Å². The smallest absolute Gasteiger partial charge is 0.226 e. The minimum Gasteiger partial charge on any atom is -0.317 e. The van der Waals surface area contributed by atoms with Crippen LogP contribution in [-0.4, -0.2) is 12.5 Å². The second-order valence-electron chi connectivity index (χ2n) is 4.92. The fourth-order valence-electron chi connectivity index (χ4n) is 1.99. The minimum atomic E-state index is -0.893. The Morgan fingerprint density at radius 2 is 2.13 bits per heavy atom. The van der Waals surface area contributed by atoms with Crippen LogP contribution in [0.15, 0.2) is 29.6 Å². The summed E-state index contributed by atoms with van der Waals surface area (Å²) in [5, 5.41) is 16.9. The van der Waals surface area contributed by atoms with Gasteiger partial charge in [0.15, 0.2) is 11.6 Å². The third-order valence-electron chi connectivity index (χ3n) is 3.28. The lowest BCUT2D eigenvalue weighted by Gasteiger charge is -2.14. The lowest BCUT2D eigenvalue weighted by Crippen LogP contribution is -2.24. The molecule has 0 aliphatic rings. The quantitative estimate of drug-likeness (QED) is 0.848. The van der Waals surface area contributed by atoms with E-state index in [0.29, 0.717) is 22.7 Å². The number of nitrogens with one attached hydrogen (secondary N) is 2. The van der Waals surface area contributed by atoms with Crippen LogP contribution in [0.25, 0.3) is 0 Å². The molecule has 0 fully saturated rings. The van der Waals surface area contributed by atoms with E-state index < -0.39 is 11.6 Å². The molecule has 0 aliphatic carbocycles. The second-order valence-corrected chi connectivity index (χ2v) is 5.84. The SMILES string of the molecule is CC(NCCC(=O)Nc1sccc1C#N)c1ccc(F)c(F)c1. The highest BCUT2D eigenvalue weighted by molar-refractivity contribution is 7.14. The first kappa shape index (κ1) is 17.1. The Morgan fingerprint density at radius 1 is 1.35 bits per heavy atom. The molecule has 0 saturated heterocycles. The van der Waals surface area contributed by atoms with Crippen molar-refractivity contribution in [3.05, 3.63) is 52.4 Å². The molecule has 2 aromatic rings. The lowest BCUT2D eigenvalue weighted by molar-refractivity contribution is -0.116. The van der Waals surface area contributed by atoms with Crippen LogP contribution in [-0.2, 0) is 4.79 Å². The van der Waals surface area contributed by atoms with E-state index in [2.05, 4.69) is 10.6 Å². The third kappa shape index (κ3) is 4.58. The van der Waals surface area contributed by atoms with Crippen molar-refractivity contribution in [3.63, 3.8) is 0 Å². The summed E-state index contributed by atoms with van der Waals surface area (Å²) < 4.78 is 26.1. The number of thiophene rings is 1. The monoisotopic (exact) mass is 335 g/mol. The first-order valence-corrected chi connectivity index (χ1v) is 7.85. The van der Waals surface area contributed by atoms with Gasteiger partial charge in [0.25, 0.3) is 0 Å². The van der Waals surface area contributed by atoms with Crippen molar-refractivity contribution < 1.29 is 13.6 Å². The molecule has 1 amide bonds. The number of rotatable bonds is 6. The highest BCUT2D eigenvalue weighted by Crippen LogP contribution is 2.22. The number of carbonyl (C=O) groups is 1. The summed E-state index contributed by atoms with van der Waals surface area (Å²) in [6, 6.07) is 7.15. The van der Waals surface area contributed by atoms with Crippen LogP contribution in [0.2, 0.25) is 0 Å². The van der Waals surface area contributed by atoms with Gasteiger partial charge in [-0.2, -0.15) is 5.26 Å². The molecular weight excluding hydrogens is 320 g/mol. The van der Waals surface area contributed by atoms with Gasteiger partial charge in [-0.1, -0.05) is 6.07 Å². The fourth-order valence-corrected chi connectivity index (χ4v) is 2.74. The average molecular weight is 335 g/mol. The first-order chi connectivity index (χ1) is 11.0. The number of halogens is 2. The molecule has 0 spiro atoms. The molecule has 0 bridgehead atoms. The van der Waals surface area contributed by atoms with Gasteiger partial charge >= 0.3 is 0 Å². The number of amides is 1. The highest BCUT2D eigenvalue weighted by Gasteiger charge is 2.11. The van der Waals surface area contributed by atoms with Crippen molar-refractivity contribution in [1.29, 1.82) is 5.26 Å². The molecule has 1 heterocycles. The summed E-state index contributed by atoms with van der Waals surface area (Å²) >= 11 is 1.29. The molecule has 2 rings (SSSR count). The molecule has 1 aromatic heterocycles. The van der Waals surface area contributed by atoms with Gasteiger partial charge in [-0.3, -0.25) is 4.79 Å². The second kappa shape index (κ2) is 7.81. The molecule has 4 nitrogen and oxygen atoms in total. The van der Waals surface area contributed by atoms with Crippen molar-refractivity contribution in [2.24, 2.45) is 0 Å². The van der Waals surface area contributed by atoms with E-state index >= 15 is 0 Å². The Hall–Kier alpha value is -2.30. The predicted octanol–water partition coefficient (Wildman–Crippen LogP) is 3.58. The summed E-state index contributed by atoms with van der Waals surface area (Å²) in [6.45, 7) is 2.18. The summed E-state index contributed by atoms with van der Waals surface area (Å²) in [5.74, 6) is -1.99. The maximum atomic E-state index is 13.2. The molecule has 0 saturated carbocycles.